The highest BCUT2D eigenvalue weighted by Crippen LogP contribution is 2.28. The predicted molar refractivity (Wildman–Crippen MR) is 159 cm³/mol. The molecule has 0 bridgehead atoms. The molecule has 0 heterocycles. The van der Waals surface area contributed by atoms with E-state index < -0.39 is 23.8 Å². The third-order valence-corrected chi connectivity index (χ3v) is 6.71. The number of nitrogens with one attached hydrogen (secondary N) is 1. The highest BCUT2D eigenvalue weighted by Gasteiger charge is 2.34. The second kappa shape index (κ2) is 14.9. The zero-order valence-corrected chi connectivity index (χ0v) is 23.4. The van der Waals surface area contributed by atoms with Gasteiger partial charge in [0, 0.05) is 13.1 Å². The van der Waals surface area contributed by atoms with E-state index in [1.165, 1.54) is 0 Å². The number of guanidine groups is 1. The maximum atomic E-state index is 13.6. The molecule has 0 aliphatic rings. The highest BCUT2D eigenvalue weighted by atomic mass is 35.5. The highest BCUT2D eigenvalue weighted by molar-refractivity contribution is 6.38. The quantitative estimate of drug-likeness (QED) is 0.111. The van der Waals surface area contributed by atoms with Crippen LogP contribution in [0, 0.1) is 0 Å². The van der Waals surface area contributed by atoms with E-state index in [0.29, 0.717) is 12.0 Å². The molecule has 3 rings (SSSR count). The first-order chi connectivity index (χ1) is 19.2. The molecule has 7 N–H and O–H groups in total. The van der Waals surface area contributed by atoms with Gasteiger partial charge in [0.1, 0.15) is 6.04 Å². The monoisotopic (exact) mass is 582 g/mol. The minimum Gasteiger partial charge on any atom is -0.396 e. The number of anilines is 1. The number of imide groups is 1. The van der Waals surface area contributed by atoms with Gasteiger partial charge in [-0.1, -0.05) is 83.9 Å². The van der Waals surface area contributed by atoms with Gasteiger partial charge in [0.15, 0.2) is 5.96 Å². The van der Waals surface area contributed by atoms with Gasteiger partial charge in [-0.2, -0.15) is 0 Å². The minimum absolute atomic E-state index is 0.0521. The number of nitrogens with zero attached hydrogens (tertiary/aromatic N) is 2. The maximum absolute atomic E-state index is 13.6. The van der Waals surface area contributed by atoms with E-state index in [0.717, 1.165) is 16.0 Å². The molecule has 3 amide bonds. The lowest BCUT2D eigenvalue weighted by atomic mass is 10.0. The molecule has 0 spiro atoms. The van der Waals surface area contributed by atoms with E-state index in [4.69, 9.17) is 40.4 Å². The molecule has 9 nitrogen and oxygen atoms in total. The van der Waals surface area contributed by atoms with Crippen LogP contribution in [0.15, 0.2) is 77.8 Å². The summed E-state index contributed by atoms with van der Waals surface area (Å²) >= 11 is 12.3. The Hall–Kier alpha value is -4.08. The molecule has 3 aromatic rings. The standard InChI is InChI=1S/C29H32Cl2N6O3/c30-22-14-21(15-23(31)27(22)32)18-36-28(40)24(12-7-13-35-29(33)34)37(25(38)16-19-8-3-1-4-9-19)26(39)17-20-10-5-2-6-11-20/h1-6,8-11,14-15,24H,7,12-13,16-18,32H2,(H,36,40)(H4,33,34,35)/t24-/m1/s1. The number of carbonyl (C=O) groups excluding carboxylic acids is 3. The summed E-state index contributed by atoms with van der Waals surface area (Å²) in [6, 6.07) is 20.1. The number of rotatable bonds is 12. The van der Waals surface area contributed by atoms with E-state index in [9.17, 15) is 14.4 Å². The lowest BCUT2D eigenvalue weighted by Gasteiger charge is -2.30. The minimum atomic E-state index is -1.11. The zero-order valence-electron chi connectivity index (χ0n) is 21.9. The zero-order chi connectivity index (χ0) is 29.1. The van der Waals surface area contributed by atoms with Gasteiger partial charge in [-0.3, -0.25) is 24.3 Å². The summed E-state index contributed by atoms with van der Waals surface area (Å²) < 4.78 is 0. The molecule has 3 aromatic carbocycles. The molecule has 11 heteroatoms. The average Bonchev–Trinajstić information content (AvgIpc) is 2.92. The number of benzene rings is 3. The normalized spacial score (nSPS) is 11.3. The summed E-state index contributed by atoms with van der Waals surface area (Å²) in [5.74, 6) is -1.59. The molecule has 0 saturated carbocycles. The largest absolute Gasteiger partial charge is 0.396 e. The molecule has 0 aliphatic heterocycles. The molecule has 0 saturated heterocycles. The summed E-state index contributed by atoms with van der Waals surface area (Å²) in [6.45, 7) is 0.277. The van der Waals surface area contributed by atoms with E-state index in [1.54, 1.807) is 60.7 Å². The van der Waals surface area contributed by atoms with Crippen LogP contribution in [-0.2, 0) is 33.8 Å². The van der Waals surface area contributed by atoms with E-state index in [-0.39, 0.29) is 54.0 Å². The van der Waals surface area contributed by atoms with Crippen LogP contribution in [0.25, 0.3) is 0 Å². The van der Waals surface area contributed by atoms with Crippen molar-refractivity contribution >= 4 is 52.6 Å². The van der Waals surface area contributed by atoms with Crippen LogP contribution >= 0.6 is 23.2 Å². The number of nitrogen functional groups attached to an aromatic ring is 1. The van der Waals surface area contributed by atoms with Crippen LogP contribution in [0.1, 0.15) is 29.5 Å². The Morgan fingerprint density at radius 3 is 1.80 bits per heavy atom. The van der Waals surface area contributed by atoms with Crippen LogP contribution in [-0.4, -0.2) is 41.2 Å². The van der Waals surface area contributed by atoms with Crippen LogP contribution in [0.4, 0.5) is 5.69 Å². The molecule has 0 unspecified atom stereocenters. The van der Waals surface area contributed by atoms with Crippen molar-refractivity contribution in [2.45, 2.75) is 38.3 Å². The van der Waals surface area contributed by atoms with Gasteiger partial charge in [-0.25, -0.2) is 0 Å². The summed E-state index contributed by atoms with van der Waals surface area (Å²) in [6.07, 6.45) is 0.390. The molecule has 40 heavy (non-hydrogen) atoms. The molecule has 0 aromatic heterocycles. The van der Waals surface area contributed by atoms with Crippen molar-refractivity contribution in [1.82, 2.24) is 10.2 Å². The van der Waals surface area contributed by atoms with Gasteiger partial charge < -0.3 is 22.5 Å². The number of hydrogen-bond donors (Lipinski definition) is 4. The van der Waals surface area contributed by atoms with Crippen molar-refractivity contribution in [3.05, 3.63) is 99.5 Å². The van der Waals surface area contributed by atoms with Crippen LogP contribution < -0.4 is 22.5 Å². The van der Waals surface area contributed by atoms with Crippen molar-refractivity contribution < 1.29 is 14.4 Å². The molecular weight excluding hydrogens is 551 g/mol. The Morgan fingerprint density at radius 2 is 1.32 bits per heavy atom. The Labute approximate surface area is 243 Å². The number of nitrogens with two attached hydrogens (primary N) is 3. The van der Waals surface area contributed by atoms with Crippen LogP contribution in [0.5, 0.6) is 0 Å². The Balaban J connectivity index is 1.90. The molecule has 0 radical (unpaired) electrons. The molecule has 1 atom stereocenters. The number of hydrogen-bond acceptors (Lipinski definition) is 5. The molecule has 0 aliphatic carbocycles. The van der Waals surface area contributed by atoms with Crippen molar-refractivity contribution in [2.24, 2.45) is 16.5 Å². The van der Waals surface area contributed by atoms with Gasteiger partial charge in [0.2, 0.25) is 17.7 Å². The Kier molecular flexibility index (Phi) is 11.4. The number of halogens is 2. The predicted octanol–water partition coefficient (Wildman–Crippen LogP) is 3.45. The number of carbonyl (C=O) groups is 3. The Bertz CT molecular complexity index is 1270. The molecule has 210 valence electrons. The second-order valence-electron chi connectivity index (χ2n) is 9.14. The first kappa shape index (κ1) is 30.5. The van der Waals surface area contributed by atoms with Gasteiger partial charge >= 0.3 is 0 Å². The van der Waals surface area contributed by atoms with Gasteiger partial charge in [0.05, 0.1) is 28.6 Å². The third kappa shape index (κ3) is 9.00. The fourth-order valence-corrected chi connectivity index (χ4v) is 4.65. The maximum Gasteiger partial charge on any atom is 0.243 e. The molecular formula is C29H32Cl2N6O3. The van der Waals surface area contributed by atoms with Gasteiger partial charge in [-0.15, -0.1) is 0 Å². The van der Waals surface area contributed by atoms with E-state index in [2.05, 4.69) is 10.3 Å². The van der Waals surface area contributed by atoms with Gasteiger partial charge in [-0.05, 0) is 41.7 Å². The summed E-state index contributed by atoms with van der Waals surface area (Å²) in [4.78, 5) is 45.9. The lowest BCUT2D eigenvalue weighted by molar-refractivity contribution is -0.151. The van der Waals surface area contributed by atoms with Crippen molar-refractivity contribution in [1.29, 1.82) is 0 Å². The Morgan fingerprint density at radius 1 is 0.825 bits per heavy atom. The first-order valence-corrected chi connectivity index (χ1v) is 13.4. The second-order valence-corrected chi connectivity index (χ2v) is 9.95. The third-order valence-electron chi connectivity index (χ3n) is 6.08. The van der Waals surface area contributed by atoms with Gasteiger partial charge in [0.25, 0.3) is 0 Å². The smallest absolute Gasteiger partial charge is 0.243 e. The lowest BCUT2D eigenvalue weighted by Crippen LogP contribution is -2.53. The van der Waals surface area contributed by atoms with Crippen LogP contribution in [0.3, 0.4) is 0 Å². The summed E-state index contributed by atoms with van der Waals surface area (Å²) in [7, 11) is 0. The SMILES string of the molecule is NC(N)=NCCC[C@H](C(=O)NCc1cc(Cl)c(N)c(Cl)c1)N(C(=O)Cc1ccccc1)C(=O)Cc1ccccc1. The van der Waals surface area contributed by atoms with Crippen molar-refractivity contribution in [3.8, 4) is 0 Å². The van der Waals surface area contributed by atoms with E-state index >= 15 is 0 Å². The fraction of sp³-hybridized carbons (Fsp3) is 0.241. The first-order valence-electron chi connectivity index (χ1n) is 12.6. The average molecular weight is 584 g/mol. The number of aliphatic imine (C=N–C) groups is 1. The summed E-state index contributed by atoms with van der Waals surface area (Å²) in [5, 5.41) is 3.32. The fourth-order valence-electron chi connectivity index (χ4n) is 4.11. The number of amides is 3. The summed E-state index contributed by atoms with van der Waals surface area (Å²) in [5.41, 5.74) is 19.0. The van der Waals surface area contributed by atoms with Crippen LogP contribution in [0.2, 0.25) is 10.0 Å². The van der Waals surface area contributed by atoms with Crippen molar-refractivity contribution in [2.75, 3.05) is 12.3 Å². The van der Waals surface area contributed by atoms with Crippen molar-refractivity contribution in [3.63, 3.8) is 0 Å². The van der Waals surface area contributed by atoms with E-state index in [1.807, 2.05) is 12.1 Å². The molecule has 0 fully saturated rings. The topological polar surface area (TPSA) is 157 Å².